The van der Waals surface area contributed by atoms with Gasteiger partial charge >= 0.3 is 0 Å². The summed E-state index contributed by atoms with van der Waals surface area (Å²) in [5.41, 5.74) is 15.7. The van der Waals surface area contributed by atoms with Crippen molar-refractivity contribution in [2.24, 2.45) is 0 Å². The summed E-state index contributed by atoms with van der Waals surface area (Å²) in [6, 6.07) is 79.7. The van der Waals surface area contributed by atoms with Gasteiger partial charge in [0.1, 0.15) is 16.7 Å². The molecule has 61 heavy (non-hydrogen) atoms. The Labute approximate surface area is 353 Å². The molecule has 0 fully saturated rings. The van der Waals surface area contributed by atoms with Crippen molar-refractivity contribution in [2.45, 2.75) is 0 Å². The Morgan fingerprint density at radius 2 is 0.803 bits per heavy atom. The lowest BCUT2D eigenvalue weighted by Gasteiger charge is -2.26. The van der Waals surface area contributed by atoms with E-state index in [1.54, 1.807) is 0 Å². The third kappa shape index (κ3) is 5.98. The number of para-hydroxylation sites is 2. The highest BCUT2D eigenvalue weighted by atomic mass is 16.3. The van der Waals surface area contributed by atoms with E-state index in [-0.39, 0.29) is 0 Å². The summed E-state index contributed by atoms with van der Waals surface area (Å²) in [7, 11) is 0. The first-order chi connectivity index (χ1) is 30.2. The molecular formula is C58H37NO2. The molecule has 0 N–H and O–H groups in total. The van der Waals surface area contributed by atoms with Crippen LogP contribution < -0.4 is 4.90 Å². The van der Waals surface area contributed by atoms with E-state index in [1.807, 2.05) is 12.1 Å². The van der Waals surface area contributed by atoms with Crippen molar-refractivity contribution < 1.29 is 8.83 Å². The Hall–Kier alpha value is -8.14. The topological polar surface area (TPSA) is 29.5 Å². The average Bonchev–Trinajstić information content (AvgIpc) is 3.91. The molecule has 0 aliphatic carbocycles. The minimum absolute atomic E-state index is 0.845. The van der Waals surface area contributed by atoms with Gasteiger partial charge in [0, 0.05) is 38.5 Å². The molecule has 2 aromatic heterocycles. The van der Waals surface area contributed by atoms with E-state index < -0.39 is 0 Å². The summed E-state index contributed by atoms with van der Waals surface area (Å²) >= 11 is 0. The van der Waals surface area contributed by atoms with Crippen LogP contribution in [0.15, 0.2) is 233 Å². The van der Waals surface area contributed by atoms with Gasteiger partial charge in [-0.3, -0.25) is 0 Å². The van der Waals surface area contributed by atoms with Gasteiger partial charge in [0.15, 0.2) is 5.58 Å². The van der Waals surface area contributed by atoms with Crippen LogP contribution in [0.3, 0.4) is 0 Å². The number of benzene rings is 10. The van der Waals surface area contributed by atoms with E-state index in [0.29, 0.717) is 0 Å². The molecule has 0 spiro atoms. The maximum Gasteiger partial charge on any atom is 0.159 e. The number of hydrogen-bond donors (Lipinski definition) is 0. The van der Waals surface area contributed by atoms with Crippen molar-refractivity contribution in [2.75, 3.05) is 4.90 Å². The second kappa shape index (κ2) is 14.3. The second-order valence-electron chi connectivity index (χ2n) is 15.7. The molecule has 0 aliphatic rings. The number of anilines is 3. The lowest BCUT2D eigenvalue weighted by Crippen LogP contribution is -2.10. The average molecular weight is 780 g/mol. The van der Waals surface area contributed by atoms with E-state index in [1.165, 1.54) is 21.9 Å². The molecule has 12 aromatic rings. The predicted octanol–water partition coefficient (Wildman–Crippen LogP) is 16.8. The fourth-order valence-corrected chi connectivity index (χ4v) is 9.09. The van der Waals surface area contributed by atoms with Gasteiger partial charge in [0.25, 0.3) is 0 Å². The summed E-state index contributed by atoms with van der Waals surface area (Å²) in [4.78, 5) is 2.32. The highest BCUT2D eigenvalue weighted by molar-refractivity contribution is 6.12. The van der Waals surface area contributed by atoms with Crippen LogP contribution >= 0.6 is 0 Å². The molecule has 10 aromatic carbocycles. The first kappa shape index (κ1) is 34.9. The van der Waals surface area contributed by atoms with Gasteiger partial charge in [-0.05, 0) is 104 Å². The number of nitrogens with zero attached hydrogens (tertiary/aromatic N) is 1. The van der Waals surface area contributed by atoms with Crippen molar-refractivity contribution in [3.63, 3.8) is 0 Å². The largest absolute Gasteiger partial charge is 0.455 e. The third-order valence-corrected chi connectivity index (χ3v) is 12.1. The summed E-state index contributed by atoms with van der Waals surface area (Å²) in [5, 5.41) is 6.87. The minimum atomic E-state index is 0.845. The minimum Gasteiger partial charge on any atom is -0.455 e. The first-order valence-corrected chi connectivity index (χ1v) is 20.7. The van der Waals surface area contributed by atoms with Crippen LogP contribution in [0.5, 0.6) is 0 Å². The highest BCUT2D eigenvalue weighted by Gasteiger charge is 2.21. The van der Waals surface area contributed by atoms with Crippen LogP contribution in [0.25, 0.3) is 99.2 Å². The molecular weight excluding hydrogens is 743 g/mol. The summed E-state index contributed by atoms with van der Waals surface area (Å²) in [6.07, 6.45) is 0. The lowest BCUT2D eigenvalue weighted by molar-refractivity contribution is 0.669. The Morgan fingerprint density at radius 1 is 0.279 bits per heavy atom. The Kier molecular flexibility index (Phi) is 8.17. The molecule has 0 saturated heterocycles. The Bertz CT molecular complexity index is 3560. The van der Waals surface area contributed by atoms with Crippen molar-refractivity contribution in [3.8, 4) is 44.5 Å². The van der Waals surface area contributed by atoms with Gasteiger partial charge in [-0.2, -0.15) is 0 Å². The molecule has 12 rings (SSSR count). The second-order valence-corrected chi connectivity index (χ2v) is 15.7. The van der Waals surface area contributed by atoms with Gasteiger partial charge in [-0.1, -0.05) is 170 Å². The van der Waals surface area contributed by atoms with Crippen LogP contribution in [0.4, 0.5) is 17.1 Å². The van der Waals surface area contributed by atoms with Crippen molar-refractivity contribution in [3.05, 3.63) is 224 Å². The first-order valence-electron chi connectivity index (χ1n) is 20.7. The number of furan rings is 2. The smallest absolute Gasteiger partial charge is 0.159 e. The Morgan fingerprint density at radius 3 is 1.59 bits per heavy atom. The Balaban J connectivity index is 0.972. The van der Waals surface area contributed by atoms with E-state index in [0.717, 1.165) is 94.3 Å². The molecule has 0 amide bonds. The van der Waals surface area contributed by atoms with Crippen LogP contribution in [0, 0.1) is 0 Å². The molecule has 3 nitrogen and oxygen atoms in total. The molecule has 0 atom stereocenters. The van der Waals surface area contributed by atoms with Gasteiger partial charge in [-0.25, -0.2) is 0 Å². The number of rotatable bonds is 7. The van der Waals surface area contributed by atoms with Crippen LogP contribution in [0.1, 0.15) is 0 Å². The molecule has 0 radical (unpaired) electrons. The summed E-state index contributed by atoms with van der Waals surface area (Å²) in [6.45, 7) is 0. The SMILES string of the molecule is c1ccc(-c2ccc3c(c2)oc2c(N(c4ccc(-c5ccc6oc7c(-c8ccccc8)cccc7c6c5)cc4)c4ccc(-c5cccc6ccccc56)cc4)cccc23)cc1. The fraction of sp³-hybridized carbons (Fsp3) is 0. The van der Waals surface area contributed by atoms with E-state index in [4.69, 9.17) is 8.83 Å². The summed E-state index contributed by atoms with van der Waals surface area (Å²) in [5.74, 6) is 0. The molecule has 0 unspecified atom stereocenters. The van der Waals surface area contributed by atoms with Gasteiger partial charge in [0.05, 0.1) is 5.69 Å². The van der Waals surface area contributed by atoms with E-state index >= 15 is 0 Å². The molecule has 0 saturated carbocycles. The van der Waals surface area contributed by atoms with E-state index in [2.05, 4.69) is 217 Å². The van der Waals surface area contributed by atoms with Crippen molar-refractivity contribution >= 4 is 71.7 Å². The fourth-order valence-electron chi connectivity index (χ4n) is 9.09. The van der Waals surface area contributed by atoms with E-state index in [9.17, 15) is 0 Å². The predicted molar refractivity (Wildman–Crippen MR) is 255 cm³/mol. The third-order valence-electron chi connectivity index (χ3n) is 12.1. The van der Waals surface area contributed by atoms with Crippen LogP contribution in [0.2, 0.25) is 0 Å². The maximum atomic E-state index is 6.86. The molecule has 286 valence electrons. The number of hydrogen-bond acceptors (Lipinski definition) is 3. The normalized spacial score (nSPS) is 11.6. The lowest BCUT2D eigenvalue weighted by atomic mass is 9.98. The zero-order valence-electron chi connectivity index (χ0n) is 33.1. The zero-order chi connectivity index (χ0) is 40.3. The monoisotopic (exact) mass is 779 g/mol. The van der Waals surface area contributed by atoms with Gasteiger partial charge < -0.3 is 13.7 Å². The van der Waals surface area contributed by atoms with Crippen molar-refractivity contribution in [1.29, 1.82) is 0 Å². The van der Waals surface area contributed by atoms with Crippen LogP contribution in [-0.2, 0) is 0 Å². The van der Waals surface area contributed by atoms with Gasteiger partial charge in [-0.15, -0.1) is 0 Å². The molecule has 2 heterocycles. The quantitative estimate of drug-likeness (QED) is 0.161. The molecule has 0 aliphatic heterocycles. The number of fused-ring (bicyclic) bond motifs is 7. The highest BCUT2D eigenvalue weighted by Crippen LogP contribution is 2.44. The summed E-state index contributed by atoms with van der Waals surface area (Å²) < 4.78 is 13.4. The standard InChI is InChI=1S/C58H37NO2/c1-3-12-38(13-4-1)44-28-34-50-51-22-11-23-54(58(51)61-56(50)37-44)59(46-32-26-42(27-33-46)48-19-9-17-40-16-7-8-18-47(40)48)45-30-24-39(25-31-45)43-29-35-55-53(36-43)52-21-10-20-49(57(52)60-55)41-14-5-2-6-15-41/h1-37H. The molecule has 0 bridgehead atoms. The van der Waals surface area contributed by atoms with Crippen molar-refractivity contribution in [1.82, 2.24) is 0 Å². The van der Waals surface area contributed by atoms with Gasteiger partial charge in [0.2, 0.25) is 0 Å². The zero-order valence-corrected chi connectivity index (χ0v) is 33.1. The molecule has 3 heteroatoms. The van der Waals surface area contributed by atoms with Crippen LogP contribution in [-0.4, -0.2) is 0 Å². The maximum absolute atomic E-state index is 6.86.